The lowest BCUT2D eigenvalue weighted by Crippen LogP contribution is -1.98. The molecule has 3 nitrogen and oxygen atoms in total. The lowest BCUT2D eigenvalue weighted by Gasteiger charge is -2.05. The van der Waals surface area contributed by atoms with Crippen LogP contribution in [-0.4, -0.2) is 15.4 Å². The summed E-state index contributed by atoms with van der Waals surface area (Å²) >= 11 is 0. The number of hydrogen-bond donors (Lipinski definition) is 0. The van der Waals surface area contributed by atoms with Crippen LogP contribution in [0.2, 0.25) is 0 Å². The summed E-state index contributed by atoms with van der Waals surface area (Å²) in [5.41, 5.74) is -0.0803. The Balaban J connectivity index is 0.000000686. The van der Waals surface area contributed by atoms with Crippen LogP contribution in [0.1, 0.15) is 31.5 Å². The zero-order chi connectivity index (χ0) is 13.0. The highest BCUT2D eigenvalue weighted by atomic mass is 19.3. The van der Waals surface area contributed by atoms with Crippen molar-refractivity contribution in [1.29, 1.82) is 0 Å². The molecule has 2 rings (SSSR count). The normalized spacial score (nSPS) is 10.3. The minimum atomic E-state index is -2.78. The van der Waals surface area contributed by atoms with Crippen molar-refractivity contribution < 1.29 is 13.2 Å². The fourth-order valence-electron chi connectivity index (χ4n) is 1.36. The van der Waals surface area contributed by atoms with Gasteiger partial charge in [0.05, 0.1) is 5.69 Å². The average Bonchev–Trinajstić information content (AvgIpc) is 2.32. The van der Waals surface area contributed by atoms with E-state index >= 15 is 0 Å². The number of hydrogen-bond acceptors (Lipinski definition) is 3. The zero-order valence-electron chi connectivity index (χ0n) is 9.71. The molecule has 1 aromatic heterocycles. The van der Waals surface area contributed by atoms with E-state index in [-0.39, 0.29) is 10.9 Å². The van der Waals surface area contributed by atoms with Gasteiger partial charge in [0.1, 0.15) is 11.3 Å². The summed E-state index contributed by atoms with van der Waals surface area (Å²) in [6.45, 7) is 5.56. The molecule has 0 aliphatic heterocycles. The summed E-state index contributed by atoms with van der Waals surface area (Å²) < 4.78 is 38.1. The third kappa shape index (κ3) is 2.69. The number of benzene rings is 1. The van der Waals surface area contributed by atoms with E-state index < -0.39 is 17.8 Å². The van der Waals surface area contributed by atoms with Gasteiger partial charge in [0.2, 0.25) is 0 Å². The molecule has 0 spiro atoms. The van der Waals surface area contributed by atoms with Gasteiger partial charge in [-0.25, -0.2) is 13.2 Å². The van der Waals surface area contributed by atoms with Gasteiger partial charge in [0.25, 0.3) is 6.43 Å². The minimum absolute atomic E-state index is 0.00102. The van der Waals surface area contributed by atoms with E-state index in [2.05, 4.69) is 15.4 Å². The number of fused-ring (bicyclic) bond motifs is 1. The van der Waals surface area contributed by atoms with E-state index in [4.69, 9.17) is 0 Å². The second-order valence-corrected chi connectivity index (χ2v) is 3.07. The first-order valence-corrected chi connectivity index (χ1v) is 5.17. The first-order valence-electron chi connectivity index (χ1n) is 5.17. The highest BCUT2D eigenvalue weighted by Gasteiger charge is 2.16. The molecule has 0 N–H and O–H groups in total. The topological polar surface area (TPSA) is 38.7 Å². The molecule has 17 heavy (non-hydrogen) atoms. The van der Waals surface area contributed by atoms with Crippen LogP contribution in [-0.2, 0) is 0 Å². The molecule has 0 saturated carbocycles. The summed E-state index contributed by atoms with van der Waals surface area (Å²) in [7, 11) is 0. The van der Waals surface area contributed by atoms with Gasteiger partial charge in [-0.05, 0) is 24.3 Å². The van der Waals surface area contributed by atoms with E-state index in [0.717, 1.165) is 12.1 Å². The van der Waals surface area contributed by atoms with Gasteiger partial charge < -0.3 is 0 Å². The number of rotatable bonds is 1. The monoisotopic (exact) mass is 243 g/mol. The first-order chi connectivity index (χ1) is 8.09. The van der Waals surface area contributed by atoms with Gasteiger partial charge in [-0.15, -0.1) is 10.2 Å². The lowest BCUT2D eigenvalue weighted by molar-refractivity contribution is 0.152. The summed E-state index contributed by atoms with van der Waals surface area (Å²) in [4.78, 5) is 0. The Bertz CT molecular complexity index is 515. The Morgan fingerprint density at radius 3 is 2.35 bits per heavy atom. The van der Waals surface area contributed by atoms with E-state index in [1.165, 1.54) is 0 Å². The van der Waals surface area contributed by atoms with Crippen molar-refractivity contribution in [2.75, 3.05) is 0 Å². The van der Waals surface area contributed by atoms with Crippen LogP contribution in [0.4, 0.5) is 13.2 Å². The second kappa shape index (κ2) is 5.56. The predicted molar refractivity (Wildman–Crippen MR) is 58.3 cm³/mol. The Morgan fingerprint density at radius 2 is 1.76 bits per heavy atom. The van der Waals surface area contributed by atoms with Crippen LogP contribution < -0.4 is 0 Å². The maximum absolute atomic E-state index is 13.0. The van der Waals surface area contributed by atoms with Crippen molar-refractivity contribution in [3.8, 4) is 0 Å². The smallest absolute Gasteiger partial charge is 0.207 e. The Kier molecular flexibility index (Phi) is 4.37. The van der Waals surface area contributed by atoms with Gasteiger partial charge >= 0.3 is 0 Å². The van der Waals surface area contributed by atoms with E-state index in [1.807, 2.05) is 13.8 Å². The van der Waals surface area contributed by atoms with Crippen LogP contribution in [0.5, 0.6) is 0 Å². The molecule has 2 aromatic rings. The third-order valence-electron chi connectivity index (χ3n) is 2.07. The maximum Gasteiger partial charge on any atom is 0.266 e. The number of nitrogens with zero attached hydrogens (tertiary/aromatic N) is 3. The molecule has 0 atom stereocenters. The van der Waals surface area contributed by atoms with Gasteiger partial charge in [-0.3, -0.25) is 0 Å². The molecular formula is C11H12F3N3. The molecule has 0 amide bonds. The van der Waals surface area contributed by atoms with E-state index in [9.17, 15) is 13.2 Å². The molecule has 1 heterocycles. The number of alkyl halides is 2. The van der Waals surface area contributed by atoms with Gasteiger partial charge in [0, 0.05) is 10.9 Å². The van der Waals surface area contributed by atoms with E-state index in [0.29, 0.717) is 5.69 Å². The Labute approximate surface area is 96.7 Å². The third-order valence-corrected chi connectivity index (χ3v) is 2.07. The molecule has 6 heteroatoms. The fraction of sp³-hybridized carbons (Fsp3) is 0.364. The van der Waals surface area contributed by atoms with Crippen LogP contribution >= 0.6 is 0 Å². The van der Waals surface area contributed by atoms with Crippen molar-refractivity contribution in [1.82, 2.24) is 15.4 Å². The molecular weight excluding hydrogens is 231 g/mol. The molecule has 0 unspecified atom stereocenters. The first kappa shape index (κ1) is 13.3. The van der Waals surface area contributed by atoms with Gasteiger partial charge in [-0.2, -0.15) is 0 Å². The van der Waals surface area contributed by atoms with Crippen molar-refractivity contribution in [3.05, 3.63) is 29.2 Å². The van der Waals surface area contributed by atoms with Crippen molar-refractivity contribution in [3.63, 3.8) is 0 Å². The molecule has 0 aliphatic rings. The summed E-state index contributed by atoms with van der Waals surface area (Å²) in [6.07, 6.45) is -2.78. The molecule has 1 aromatic carbocycles. The maximum atomic E-state index is 13.0. The minimum Gasteiger partial charge on any atom is -0.207 e. The van der Waals surface area contributed by atoms with Crippen LogP contribution in [0, 0.1) is 12.7 Å². The van der Waals surface area contributed by atoms with Crippen LogP contribution in [0.3, 0.4) is 0 Å². The lowest BCUT2D eigenvalue weighted by atomic mass is 10.1. The summed E-state index contributed by atoms with van der Waals surface area (Å²) in [5, 5.41) is 10.7. The Hall–Kier alpha value is -1.72. The van der Waals surface area contributed by atoms with Gasteiger partial charge in [-0.1, -0.05) is 13.8 Å². The van der Waals surface area contributed by atoms with Crippen molar-refractivity contribution in [2.45, 2.75) is 27.2 Å². The zero-order valence-corrected chi connectivity index (χ0v) is 9.71. The highest BCUT2D eigenvalue weighted by Crippen LogP contribution is 2.27. The second-order valence-electron chi connectivity index (χ2n) is 3.07. The Morgan fingerprint density at radius 1 is 1.12 bits per heavy atom. The van der Waals surface area contributed by atoms with Crippen molar-refractivity contribution in [2.24, 2.45) is 0 Å². The van der Waals surface area contributed by atoms with Crippen LogP contribution in [0.25, 0.3) is 10.9 Å². The number of aryl methyl sites for hydroxylation is 1. The predicted octanol–water partition coefficient (Wildman–Crippen LogP) is 3.44. The summed E-state index contributed by atoms with van der Waals surface area (Å²) in [5.74, 6) is -0.726. The largest absolute Gasteiger partial charge is 0.266 e. The van der Waals surface area contributed by atoms with Crippen LogP contribution in [0.15, 0.2) is 12.1 Å². The quantitative estimate of drug-likeness (QED) is 0.770. The SMILES string of the molecule is CC.Cc1nnnc2c(C(F)F)cc(F)cc12. The molecule has 92 valence electrons. The average molecular weight is 243 g/mol. The molecule has 0 radical (unpaired) electrons. The van der Waals surface area contributed by atoms with Gasteiger partial charge in [0.15, 0.2) is 0 Å². The summed E-state index contributed by atoms with van der Waals surface area (Å²) in [6, 6.07) is 1.89. The standard InChI is InChI=1S/C9H6F3N3.C2H6/c1-4-6-2-5(10)3-7(9(11)12)8(6)14-15-13-4;1-2/h2-3,9H,1H3;1-2H3. The van der Waals surface area contributed by atoms with Crippen molar-refractivity contribution >= 4 is 10.9 Å². The molecule has 0 bridgehead atoms. The fourth-order valence-corrected chi connectivity index (χ4v) is 1.36. The molecule has 0 aliphatic carbocycles. The number of halogens is 3. The molecule has 0 saturated heterocycles. The highest BCUT2D eigenvalue weighted by molar-refractivity contribution is 5.83. The van der Waals surface area contributed by atoms with E-state index in [1.54, 1.807) is 6.92 Å². The number of aromatic nitrogens is 3. The molecule has 0 fully saturated rings.